The summed E-state index contributed by atoms with van der Waals surface area (Å²) >= 11 is 1.60. The molecule has 1 aliphatic heterocycles. The number of aromatic nitrogens is 1. The van der Waals surface area contributed by atoms with Crippen LogP contribution in [0.5, 0.6) is 0 Å². The molecule has 0 radical (unpaired) electrons. The molecule has 122 valence electrons. The summed E-state index contributed by atoms with van der Waals surface area (Å²) in [6.07, 6.45) is 2.26. The van der Waals surface area contributed by atoms with Gasteiger partial charge in [0.2, 0.25) is 0 Å². The van der Waals surface area contributed by atoms with Gasteiger partial charge in [-0.15, -0.1) is 11.3 Å². The Labute approximate surface area is 140 Å². The maximum Gasteiger partial charge on any atom is 0.254 e. The van der Waals surface area contributed by atoms with E-state index in [1.54, 1.807) is 18.3 Å². The first-order chi connectivity index (χ1) is 11.0. The van der Waals surface area contributed by atoms with Crippen molar-refractivity contribution in [2.75, 3.05) is 6.54 Å². The van der Waals surface area contributed by atoms with E-state index in [4.69, 9.17) is 0 Å². The van der Waals surface area contributed by atoms with Crippen LogP contribution in [0.2, 0.25) is 0 Å². The van der Waals surface area contributed by atoms with Gasteiger partial charge in [-0.05, 0) is 45.2 Å². The summed E-state index contributed by atoms with van der Waals surface area (Å²) < 4.78 is 0. The van der Waals surface area contributed by atoms with E-state index in [1.165, 1.54) is 0 Å². The summed E-state index contributed by atoms with van der Waals surface area (Å²) in [5, 5.41) is 12.6. The molecular formula is C18H22N2O2S. The number of carbonyl (C=O) groups is 1. The number of aliphatic hydroxyl groups excluding tert-OH is 1. The van der Waals surface area contributed by atoms with Crippen LogP contribution in [0, 0.1) is 6.92 Å². The third kappa shape index (κ3) is 3.62. The smallest absolute Gasteiger partial charge is 0.254 e. The van der Waals surface area contributed by atoms with Crippen molar-refractivity contribution in [1.29, 1.82) is 0 Å². The minimum absolute atomic E-state index is 0.0586. The minimum atomic E-state index is -0.377. The van der Waals surface area contributed by atoms with Gasteiger partial charge in [0.15, 0.2) is 0 Å². The van der Waals surface area contributed by atoms with E-state index in [2.05, 4.69) is 4.98 Å². The number of likely N-dealkylation sites (tertiary alicyclic amines) is 1. The Bertz CT molecular complexity index is 696. The Hall–Kier alpha value is -1.72. The van der Waals surface area contributed by atoms with Crippen molar-refractivity contribution in [2.45, 2.75) is 45.3 Å². The van der Waals surface area contributed by atoms with Crippen LogP contribution in [0.1, 0.15) is 42.2 Å². The van der Waals surface area contributed by atoms with E-state index in [0.29, 0.717) is 12.0 Å². The molecule has 1 aromatic carbocycles. The van der Waals surface area contributed by atoms with Crippen LogP contribution in [0.4, 0.5) is 0 Å². The zero-order chi connectivity index (χ0) is 16.4. The summed E-state index contributed by atoms with van der Waals surface area (Å²) in [5.74, 6) is 0.0586. The van der Waals surface area contributed by atoms with Crippen molar-refractivity contribution in [3.63, 3.8) is 0 Å². The van der Waals surface area contributed by atoms with Crippen LogP contribution in [-0.4, -0.2) is 39.6 Å². The van der Waals surface area contributed by atoms with Gasteiger partial charge in [-0.25, -0.2) is 4.98 Å². The van der Waals surface area contributed by atoms with Crippen LogP contribution in [-0.2, 0) is 0 Å². The highest BCUT2D eigenvalue weighted by molar-refractivity contribution is 7.13. The van der Waals surface area contributed by atoms with Gasteiger partial charge in [0, 0.05) is 34.8 Å². The Morgan fingerprint density at radius 2 is 2.35 bits per heavy atom. The van der Waals surface area contributed by atoms with Crippen LogP contribution < -0.4 is 0 Å². The van der Waals surface area contributed by atoms with Crippen molar-refractivity contribution < 1.29 is 9.90 Å². The van der Waals surface area contributed by atoms with Crippen molar-refractivity contribution in [2.24, 2.45) is 0 Å². The molecule has 0 aliphatic carbocycles. The monoisotopic (exact) mass is 330 g/mol. The molecule has 2 unspecified atom stereocenters. The Morgan fingerprint density at radius 1 is 1.52 bits per heavy atom. The maximum atomic E-state index is 12.9. The highest BCUT2D eigenvalue weighted by atomic mass is 32.1. The molecule has 1 saturated heterocycles. The lowest BCUT2D eigenvalue weighted by atomic mass is 10.1. The normalized spacial score (nSPS) is 19.1. The number of aryl methyl sites for hydroxylation is 1. The summed E-state index contributed by atoms with van der Waals surface area (Å²) in [5.41, 5.74) is 2.69. The molecule has 1 aliphatic rings. The largest absolute Gasteiger partial charge is 0.393 e. The van der Waals surface area contributed by atoms with Crippen LogP contribution in [0.3, 0.4) is 0 Å². The van der Waals surface area contributed by atoms with Gasteiger partial charge in [-0.1, -0.05) is 12.1 Å². The number of nitrogens with zero attached hydrogens (tertiary/aromatic N) is 2. The third-order valence-corrected chi connectivity index (χ3v) is 5.24. The van der Waals surface area contributed by atoms with Gasteiger partial charge in [0.1, 0.15) is 5.01 Å². The second-order valence-corrected chi connectivity index (χ2v) is 7.11. The number of benzene rings is 1. The third-order valence-electron chi connectivity index (χ3n) is 4.23. The fourth-order valence-corrected chi connectivity index (χ4v) is 3.97. The van der Waals surface area contributed by atoms with E-state index < -0.39 is 0 Å². The first-order valence-electron chi connectivity index (χ1n) is 8.06. The lowest BCUT2D eigenvalue weighted by molar-refractivity contribution is 0.0682. The Balaban J connectivity index is 1.82. The number of rotatable bonds is 4. The van der Waals surface area contributed by atoms with Gasteiger partial charge in [0.25, 0.3) is 5.91 Å². The highest BCUT2D eigenvalue weighted by Crippen LogP contribution is 2.27. The van der Waals surface area contributed by atoms with Crippen molar-refractivity contribution in [3.8, 4) is 10.6 Å². The van der Waals surface area contributed by atoms with Gasteiger partial charge >= 0.3 is 0 Å². The van der Waals surface area contributed by atoms with Crippen LogP contribution >= 0.6 is 11.3 Å². The number of carbonyl (C=O) groups excluding carboxylic acids is 1. The van der Waals surface area contributed by atoms with Gasteiger partial charge in [-0.2, -0.15) is 0 Å². The SMILES string of the molecule is Cc1csc(-c2cccc(C(=O)N3CCCC3CC(C)O)c2)n1. The first kappa shape index (κ1) is 16.1. The molecule has 0 saturated carbocycles. The molecule has 5 heteroatoms. The molecule has 0 bridgehead atoms. The zero-order valence-electron chi connectivity index (χ0n) is 13.5. The number of amides is 1. The fraction of sp³-hybridized carbons (Fsp3) is 0.444. The molecule has 1 amide bonds. The van der Waals surface area contributed by atoms with Gasteiger partial charge in [-0.3, -0.25) is 4.79 Å². The molecule has 1 aromatic heterocycles. The van der Waals surface area contributed by atoms with Crippen molar-refractivity contribution >= 4 is 17.2 Å². The Morgan fingerprint density at radius 3 is 3.04 bits per heavy atom. The summed E-state index contributed by atoms with van der Waals surface area (Å²) in [7, 11) is 0. The molecule has 0 spiro atoms. The molecule has 2 atom stereocenters. The predicted molar refractivity (Wildman–Crippen MR) is 92.6 cm³/mol. The number of thiazole rings is 1. The minimum Gasteiger partial charge on any atom is -0.393 e. The average Bonchev–Trinajstić information content (AvgIpc) is 3.15. The maximum absolute atomic E-state index is 12.9. The molecule has 23 heavy (non-hydrogen) atoms. The summed E-state index contributed by atoms with van der Waals surface area (Å²) in [4.78, 5) is 19.3. The summed E-state index contributed by atoms with van der Waals surface area (Å²) in [6.45, 7) is 4.53. The number of aliphatic hydroxyl groups is 1. The van der Waals surface area contributed by atoms with E-state index in [0.717, 1.165) is 35.7 Å². The number of hydrogen-bond acceptors (Lipinski definition) is 4. The van der Waals surface area contributed by atoms with E-state index >= 15 is 0 Å². The first-order valence-corrected chi connectivity index (χ1v) is 8.94. The van der Waals surface area contributed by atoms with E-state index in [-0.39, 0.29) is 18.1 Å². The lowest BCUT2D eigenvalue weighted by Gasteiger charge is -2.26. The quantitative estimate of drug-likeness (QED) is 0.933. The topological polar surface area (TPSA) is 53.4 Å². The van der Waals surface area contributed by atoms with Crippen molar-refractivity contribution in [3.05, 3.63) is 40.9 Å². The highest BCUT2D eigenvalue weighted by Gasteiger charge is 2.30. The lowest BCUT2D eigenvalue weighted by Crippen LogP contribution is -2.37. The van der Waals surface area contributed by atoms with Gasteiger partial charge in [0.05, 0.1) is 6.10 Å². The fourth-order valence-electron chi connectivity index (χ4n) is 3.18. The molecule has 4 nitrogen and oxygen atoms in total. The second-order valence-electron chi connectivity index (χ2n) is 6.25. The molecule has 3 rings (SSSR count). The molecule has 1 fully saturated rings. The van der Waals surface area contributed by atoms with E-state index in [1.807, 2.05) is 41.5 Å². The molecule has 1 N–H and O–H groups in total. The predicted octanol–water partition coefficient (Wildman–Crippen LogP) is 3.49. The molecule has 2 aromatic rings. The second kappa shape index (κ2) is 6.81. The molecule has 2 heterocycles. The molecular weight excluding hydrogens is 308 g/mol. The van der Waals surface area contributed by atoms with Gasteiger partial charge < -0.3 is 10.0 Å². The van der Waals surface area contributed by atoms with E-state index in [9.17, 15) is 9.90 Å². The van der Waals surface area contributed by atoms with Crippen LogP contribution in [0.15, 0.2) is 29.6 Å². The standard InChI is InChI=1S/C18H22N2O2S/c1-12-11-23-17(19-12)14-5-3-6-15(10-14)18(22)20-8-4-7-16(20)9-13(2)21/h3,5-6,10-11,13,16,21H,4,7-9H2,1-2H3. The van der Waals surface area contributed by atoms with Crippen LogP contribution in [0.25, 0.3) is 10.6 Å². The number of hydrogen-bond donors (Lipinski definition) is 1. The Kier molecular flexibility index (Phi) is 4.78. The van der Waals surface area contributed by atoms with Crippen molar-refractivity contribution in [1.82, 2.24) is 9.88 Å². The zero-order valence-corrected chi connectivity index (χ0v) is 14.3. The average molecular weight is 330 g/mol. The summed E-state index contributed by atoms with van der Waals surface area (Å²) in [6, 6.07) is 7.85.